The summed E-state index contributed by atoms with van der Waals surface area (Å²) in [7, 11) is 0. The molecular weight excluding hydrogens is 355 g/mol. The molecule has 0 aromatic carbocycles. The fourth-order valence-corrected chi connectivity index (χ4v) is 3.01. The second-order valence-electron chi connectivity index (χ2n) is 6.11. The highest BCUT2D eigenvalue weighted by Crippen LogP contribution is 2.31. The maximum absolute atomic E-state index is 12.6. The molecule has 1 saturated carbocycles. The van der Waals surface area contributed by atoms with Crippen LogP contribution in [0.5, 0.6) is 0 Å². The summed E-state index contributed by atoms with van der Waals surface area (Å²) in [5.41, 5.74) is 3.38. The van der Waals surface area contributed by atoms with Gasteiger partial charge in [-0.2, -0.15) is 13.2 Å². The molecule has 2 rings (SSSR count). The Morgan fingerprint density at radius 3 is 2.69 bits per heavy atom. The van der Waals surface area contributed by atoms with Crippen molar-refractivity contribution in [3.05, 3.63) is 18.0 Å². The predicted octanol–water partition coefficient (Wildman–Crippen LogP) is 1.98. The second kappa shape index (κ2) is 8.79. The van der Waals surface area contributed by atoms with Gasteiger partial charge in [0.15, 0.2) is 0 Å². The number of hydroxylamine groups is 2. The summed E-state index contributed by atoms with van der Waals surface area (Å²) >= 11 is 0. The van der Waals surface area contributed by atoms with Gasteiger partial charge in [-0.25, -0.2) is 15.0 Å². The Morgan fingerprint density at radius 2 is 2.08 bits per heavy atom. The molecule has 8 nitrogen and oxygen atoms in total. The van der Waals surface area contributed by atoms with Gasteiger partial charge in [-0.3, -0.25) is 25.6 Å². The monoisotopic (exact) mass is 375 g/mol. The Balaban J connectivity index is 2.03. The standard InChI is InChI=1S/C15H20F3N5O3/c16-15(17,18)12-6-7-19-14(20-12)22-21-13(25)11(8-23(26)9-24)10-4-2-1-3-5-10/h6-7,9-11,26H,1-5,8H2,(H,21,25)(H,19,20,22)/t11-/m1/s1. The highest BCUT2D eigenvalue weighted by molar-refractivity contribution is 5.80. The SMILES string of the molecule is O=CN(O)C[C@@H](C(=O)NNc1nccc(C(F)(F)F)n1)C1CCCCC1. The van der Waals surface area contributed by atoms with E-state index in [0.29, 0.717) is 11.1 Å². The molecule has 1 aliphatic rings. The van der Waals surface area contributed by atoms with Crippen LogP contribution in [-0.4, -0.2) is 39.1 Å². The molecule has 3 N–H and O–H groups in total. The van der Waals surface area contributed by atoms with Crippen molar-refractivity contribution in [1.82, 2.24) is 20.5 Å². The fourth-order valence-electron chi connectivity index (χ4n) is 3.01. The van der Waals surface area contributed by atoms with Gasteiger partial charge >= 0.3 is 6.18 Å². The number of nitrogens with one attached hydrogen (secondary N) is 2. The van der Waals surface area contributed by atoms with E-state index >= 15 is 0 Å². The van der Waals surface area contributed by atoms with E-state index in [1.165, 1.54) is 0 Å². The summed E-state index contributed by atoms with van der Waals surface area (Å²) < 4.78 is 37.9. The van der Waals surface area contributed by atoms with Gasteiger partial charge < -0.3 is 0 Å². The average molecular weight is 375 g/mol. The topological polar surface area (TPSA) is 107 Å². The zero-order chi connectivity index (χ0) is 19.2. The van der Waals surface area contributed by atoms with Crippen molar-refractivity contribution < 1.29 is 28.0 Å². The van der Waals surface area contributed by atoms with E-state index in [4.69, 9.17) is 0 Å². The Kier molecular flexibility index (Phi) is 6.72. The minimum atomic E-state index is -4.63. The molecule has 26 heavy (non-hydrogen) atoms. The maximum atomic E-state index is 12.6. The van der Waals surface area contributed by atoms with Gasteiger partial charge in [0.25, 0.3) is 0 Å². The Hall–Kier alpha value is -2.43. The molecule has 1 heterocycles. The van der Waals surface area contributed by atoms with Crippen LogP contribution in [0.15, 0.2) is 12.3 Å². The maximum Gasteiger partial charge on any atom is 0.433 e. The number of aromatic nitrogens is 2. The molecule has 1 aliphatic carbocycles. The number of hydrogen-bond donors (Lipinski definition) is 3. The summed E-state index contributed by atoms with van der Waals surface area (Å²) in [5, 5.41) is 9.82. The summed E-state index contributed by atoms with van der Waals surface area (Å²) in [6.07, 6.45) is 0.955. The van der Waals surface area contributed by atoms with E-state index in [1.54, 1.807) is 0 Å². The number of amides is 2. The number of nitrogens with zero attached hydrogens (tertiary/aromatic N) is 3. The lowest BCUT2D eigenvalue weighted by Crippen LogP contribution is -2.44. The van der Waals surface area contributed by atoms with E-state index in [9.17, 15) is 28.0 Å². The fraction of sp³-hybridized carbons (Fsp3) is 0.600. The Labute approximate surface area is 147 Å². The third-order valence-electron chi connectivity index (χ3n) is 4.30. The number of hydrazine groups is 1. The normalized spacial score (nSPS) is 16.6. The van der Waals surface area contributed by atoms with Crippen LogP contribution in [0.3, 0.4) is 0 Å². The largest absolute Gasteiger partial charge is 0.433 e. The second-order valence-corrected chi connectivity index (χ2v) is 6.11. The van der Waals surface area contributed by atoms with E-state index < -0.39 is 29.6 Å². The highest BCUT2D eigenvalue weighted by Gasteiger charge is 2.33. The first-order valence-electron chi connectivity index (χ1n) is 8.18. The molecule has 1 aromatic rings. The third-order valence-corrected chi connectivity index (χ3v) is 4.30. The lowest BCUT2D eigenvalue weighted by atomic mass is 9.79. The molecular formula is C15H20F3N5O3. The molecule has 0 spiro atoms. The molecule has 1 fully saturated rings. The van der Waals surface area contributed by atoms with E-state index in [-0.39, 0.29) is 18.9 Å². The minimum absolute atomic E-state index is 0.0393. The van der Waals surface area contributed by atoms with Gasteiger partial charge in [0.2, 0.25) is 18.3 Å². The van der Waals surface area contributed by atoms with Crippen molar-refractivity contribution in [2.75, 3.05) is 12.0 Å². The van der Waals surface area contributed by atoms with Crippen molar-refractivity contribution in [3.63, 3.8) is 0 Å². The molecule has 0 unspecified atom stereocenters. The molecule has 11 heteroatoms. The van der Waals surface area contributed by atoms with Crippen molar-refractivity contribution in [2.45, 2.75) is 38.3 Å². The number of halogens is 3. The number of rotatable bonds is 7. The van der Waals surface area contributed by atoms with Gasteiger partial charge in [-0.05, 0) is 24.8 Å². The van der Waals surface area contributed by atoms with Gasteiger partial charge in [0.05, 0.1) is 12.5 Å². The zero-order valence-corrected chi connectivity index (χ0v) is 13.9. The first-order chi connectivity index (χ1) is 12.3. The van der Waals surface area contributed by atoms with Crippen LogP contribution in [0.4, 0.5) is 19.1 Å². The minimum Gasteiger partial charge on any atom is -0.286 e. The summed E-state index contributed by atoms with van der Waals surface area (Å²) in [5.74, 6) is -1.71. The molecule has 1 atom stereocenters. The lowest BCUT2D eigenvalue weighted by molar-refractivity contribution is -0.156. The molecule has 0 radical (unpaired) electrons. The highest BCUT2D eigenvalue weighted by atomic mass is 19.4. The van der Waals surface area contributed by atoms with E-state index in [0.717, 1.165) is 38.3 Å². The smallest absolute Gasteiger partial charge is 0.286 e. The first kappa shape index (κ1) is 19.9. The summed E-state index contributed by atoms with van der Waals surface area (Å²) in [6, 6.07) is 0.714. The van der Waals surface area contributed by atoms with Crippen LogP contribution >= 0.6 is 0 Å². The number of anilines is 1. The van der Waals surface area contributed by atoms with Crippen LogP contribution in [0.1, 0.15) is 37.8 Å². The number of carbonyl (C=O) groups excluding carboxylic acids is 2. The molecule has 0 aliphatic heterocycles. The van der Waals surface area contributed by atoms with Crippen molar-refractivity contribution in [1.29, 1.82) is 0 Å². The zero-order valence-electron chi connectivity index (χ0n) is 13.9. The number of alkyl halides is 3. The van der Waals surface area contributed by atoms with Crippen molar-refractivity contribution in [3.8, 4) is 0 Å². The van der Waals surface area contributed by atoms with Gasteiger partial charge in [-0.15, -0.1) is 0 Å². The van der Waals surface area contributed by atoms with Crippen LogP contribution in [0, 0.1) is 11.8 Å². The average Bonchev–Trinajstić information content (AvgIpc) is 2.64. The van der Waals surface area contributed by atoms with Gasteiger partial charge in [0.1, 0.15) is 5.69 Å². The van der Waals surface area contributed by atoms with Crippen LogP contribution in [0.2, 0.25) is 0 Å². The molecule has 2 amide bonds. The van der Waals surface area contributed by atoms with E-state index in [1.807, 2.05) is 0 Å². The van der Waals surface area contributed by atoms with Gasteiger partial charge in [-0.1, -0.05) is 19.3 Å². The summed E-state index contributed by atoms with van der Waals surface area (Å²) in [6.45, 7) is -0.203. The van der Waals surface area contributed by atoms with Crippen molar-refractivity contribution >= 4 is 18.3 Å². The Morgan fingerprint density at radius 1 is 1.38 bits per heavy atom. The van der Waals surface area contributed by atoms with Crippen molar-refractivity contribution in [2.24, 2.45) is 11.8 Å². The van der Waals surface area contributed by atoms with E-state index in [2.05, 4.69) is 20.8 Å². The molecule has 1 aromatic heterocycles. The third kappa shape index (κ3) is 5.55. The van der Waals surface area contributed by atoms with Crippen LogP contribution < -0.4 is 10.9 Å². The van der Waals surface area contributed by atoms with Crippen LogP contribution in [0.25, 0.3) is 0 Å². The summed E-state index contributed by atoms with van der Waals surface area (Å²) in [4.78, 5) is 30.0. The molecule has 0 bridgehead atoms. The Bertz CT molecular complexity index is 623. The lowest BCUT2D eigenvalue weighted by Gasteiger charge is -2.30. The predicted molar refractivity (Wildman–Crippen MR) is 83.4 cm³/mol. The molecule has 0 saturated heterocycles. The van der Waals surface area contributed by atoms with Crippen LogP contribution in [-0.2, 0) is 15.8 Å². The number of hydrogen-bond acceptors (Lipinski definition) is 6. The van der Waals surface area contributed by atoms with Gasteiger partial charge in [0, 0.05) is 6.20 Å². The quantitative estimate of drug-likeness (QED) is 0.382. The molecule has 144 valence electrons. The number of carbonyl (C=O) groups is 2. The first-order valence-corrected chi connectivity index (χ1v) is 8.18.